The Hall–Kier alpha value is -0.350. The van der Waals surface area contributed by atoms with Gasteiger partial charge in [0.1, 0.15) is 0 Å². The number of rotatable bonds is 7. The highest BCUT2D eigenvalue weighted by molar-refractivity contribution is 7.80. The van der Waals surface area contributed by atoms with Crippen LogP contribution in [-0.4, -0.2) is 42.9 Å². The first-order chi connectivity index (χ1) is 8.06. The summed E-state index contributed by atoms with van der Waals surface area (Å²) in [7, 11) is 1.74. The fourth-order valence-electron chi connectivity index (χ4n) is 1.91. The van der Waals surface area contributed by atoms with Crippen LogP contribution in [0.2, 0.25) is 0 Å². The Morgan fingerprint density at radius 3 is 2.53 bits per heavy atom. The molecule has 1 unspecified atom stereocenters. The predicted octanol–water partition coefficient (Wildman–Crippen LogP) is 2.26. The highest BCUT2D eigenvalue weighted by atomic mass is 32.1. The summed E-state index contributed by atoms with van der Waals surface area (Å²) in [5, 5.41) is 4.24. The van der Waals surface area contributed by atoms with Crippen molar-refractivity contribution in [2.45, 2.75) is 39.7 Å². The molecule has 0 radical (unpaired) electrons. The van der Waals surface area contributed by atoms with Crippen LogP contribution < -0.4 is 5.32 Å². The maximum Gasteiger partial charge on any atom is 0.169 e. The van der Waals surface area contributed by atoms with Crippen molar-refractivity contribution in [1.29, 1.82) is 0 Å². The molecule has 1 aliphatic carbocycles. The number of hydrogen-bond donors (Lipinski definition) is 1. The van der Waals surface area contributed by atoms with Gasteiger partial charge in [-0.05, 0) is 43.8 Å². The average Bonchev–Trinajstić information content (AvgIpc) is 3.10. The Kier molecular flexibility index (Phi) is 6.20. The number of methoxy groups -OCH3 is 1. The van der Waals surface area contributed by atoms with Crippen LogP contribution in [0.25, 0.3) is 0 Å². The second-order valence-electron chi connectivity index (χ2n) is 5.34. The standard InChI is InChI=1S/C13H26N2OS/c1-10(2)9-14-13(17)15(7-8-16-4)11(3)12-5-6-12/h10-12H,5-9H2,1-4H3,(H,14,17). The van der Waals surface area contributed by atoms with Crippen LogP contribution >= 0.6 is 12.2 Å². The minimum Gasteiger partial charge on any atom is -0.383 e. The van der Waals surface area contributed by atoms with Crippen molar-refractivity contribution >= 4 is 17.3 Å². The molecule has 1 fully saturated rings. The quantitative estimate of drug-likeness (QED) is 0.708. The molecule has 0 aliphatic heterocycles. The predicted molar refractivity (Wildman–Crippen MR) is 76.2 cm³/mol. The first kappa shape index (κ1) is 14.7. The fraction of sp³-hybridized carbons (Fsp3) is 0.923. The van der Waals surface area contributed by atoms with Crippen molar-refractivity contribution < 1.29 is 4.74 Å². The maximum absolute atomic E-state index is 5.49. The molecular formula is C13H26N2OS. The van der Waals surface area contributed by atoms with Gasteiger partial charge in [0, 0.05) is 26.2 Å². The van der Waals surface area contributed by atoms with Crippen molar-refractivity contribution in [2.24, 2.45) is 11.8 Å². The van der Waals surface area contributed by atoms with Gasteiger partial charge < -0.3 is 15.0 Å². The Morgan fingerprint density at radius 2 is 2.06 bits per heavy atom. The number of nitrogens with one attached hydrogen (secondary N) is 1. The van der Waals surface area contributed by atoms with Crippen molar-refractivity contribution in [1.82, 2.24) is 10.2 Å². The maximum atomic E-state index is 5.49. The summed E-state index contributed by atoms with van der Waals surface area (Å²) >= 11 is 5.49. The van der Waals surface area contributed by atoms with Gasteiger partial charge in [-0.25, -0.2) is 0 Å². The molecule has 1 saturated carbocycles. The summed E-state index contributed by atoms with van der Waals surface area (Å²) in [4.78, 5) is 2.29. The topological polar surface area (TPSA) is 24.5 Å². The molecule has 1 atom stereocenters. The van der Waals surface area contributed by atoms with E-state index in [0.29, 0.717) is 12.0 Å². The van der Waals surface area contributed by atoms with Crippen LogP contribution in [0.3, 0.4) is 0 Å². The molecule has 1 N–H and O–H groups in total. The van der Waals surface area contributed by atoms with E-state index in [4.69, 9.17) is 17.0 Å². The Bertz CT molecular complexity index is 242. The van der Waals surface area contributed by atoms with Gasteiger partial charge in [-0.1, -0.05) is 13.8 Å². The van der Waals surface area contributed by atoms with Gasteiger partial charge in [-0.15, -0.1) is 0 Å². The lowest BCUT2D eigenvalue weighted by molar-refractivity contribution is 0.159. The molecule has 0 aromatic heterocycles. The molecule has 0 saturated heterocycles. The molecule has 1 aliphatic rings. The van der Waals surface area contributed by atoms with E-state index in [1.807, 2.05) is 0 Å². The summed E-state index contributed by atoms with van der Waals surface area (Å²) < 4.78 is 5.17. The summed E-state index contributed by atoms with van der Waals surface area (Å²) in [5.41, 5.74) is 0. The number of thiocarbonyl (C=S) groups is 1. The van der Waals surface area contributed by atoms with E-state index in [2.05, 4.69) is 31.0 Å². The summed E-state index contributed by atoms with van der Waals surface area (Å²) in [6.07, 6.45) is 2.69. The molecule has 17 heavy (non-hydrogen) atoms. The van der Waals surface area contributed by atoms with Crippen molar-refractivity contribution in [3.63, 3.8) is 0 Å². The Morgan fingerprint density at radius 1 is 1.41 bits per heavy atom. The van der Waals surface area contributed by atoms with Crippen LogP contribution in [0.4, 0.5) is 0 Å². The molecule has 0 spiro atoms. The Labute approximate surface area is 111 Å². The highest BCUT2D eigenvalue weighted by Crippen LogP contribution is 2.35. The largest absolute Gasteiger partial charge is 0.383 e. The molecule has 4 heteroatoms. The van der Waals surface area contributed by atoms with Crippen LogP contribution in [-0.2, 0) is 4.74 Å². The van der Waals surface area contributed by atoms with Crippen molar-refractivity contribution in [3.05, 3.63) is 0 Å². The first-order valence-electron chi connectivity index (χ1n) is 6.59. The van der Waals surface area contributed by atoms with Crippen LogP contribution in [0.15, 0.2) is 0 Å². The van der Waals surface area contributed by atoms with Crippen LogP contribution in [0, 0.1) is 11.8 Å². The highest BCUT2D eigenvalue weighted by Gasteiger charge is 2.32. The van der Waals surface area contributed by atoms with Gasteiger partial charge in [0.05, 0.1) is 6.61 Å². The molecule has 3 nitrogen and oxygen atoms in total. The van der Waals surface area contributed by atoms with E-state index in [1.54, 1.807) is 7.11 Å². The van der Waals surface area contributed by atoms with Gasteiger partial charge in [0.2, 0.25) is 0 Å². The first-order valence-corrected chi connectivity index (χ1v) is 7.00. The monoisotopic (exact) mass is 258 g/mol. The molecule has 100 valence electrons. The zero-order valence-electron chi connectivity index (χ0n) is 11.5. The van der Waals surface area contributed by atoms with E-state index in [9.17, 15) is 0 Å². The van der Waals surface area contributed by atoms with E-state index < -0.39 is 0 Å². The minimum absolute atomic E-state index is 0.539. The molecule has 0 amide bonds. The third kappa shape index (κ3) is 5.21. The number of nitrogens with zero attached hydrogens (tertiary/aromatic N) is 1. The van der Waals surface area contributed by atoms with Gasteiger partial charge >= 0.3 is 0 Å². The van der Waals surface area contributed by atoms with Gasteiger partial charge in [-0.2, -0.15) is 0 Å². The number of hydrogen-bond acceptors (Lipinski definition) is 2. The van der Waals surface area contributed by atoms with Crippen molar-refractivity contribution in [2.75, 3.05) is 26.8 Å². The third-order valence-corrected chi connectivity index (χ3v) is 3.63. The summed E-state index contributed by atoms with van der Waals surface area (Å²) in [5.74, 6) is 1.44. The molecule has 0 heterocycles. The lowest BCUT2D eigenvalue weighted by Gasteiger charge is -2.32. The average molecular weight is 258 g/mol. The number of ether oxygens (including phenoxy) is 1. The van der Waals surface area contributed by atoms with Gasteiger partial charge in [0.25, 0.3) is 0 Å². The van der Waals surface area contributed by atoms with E-state index >= 15 is 0 Å². The SMILES string of the molecule is COCCN(C(=S)NCC(C)C)C(C)C1CC1. The van der Waals surface area contributed by atoms with E-state index in [1.165, 1.54) is 12.8 Å². The molecule has 0 aromatic carbocycles. The van der Waals surface area contributed by atoms with Crippen LogP contribution in [0.1, 0.15) is 33.6 Å². The van der Waals surface area contributed by atoms with E-state index in [-0.39, 0.29) is 0 Å². The van der Waals surface area contributed by atoms with Gasteiger partial charge in [-0.3, -0.25) is 0 Å². The zero-order chi connectivity index (χ0) is 12.8. The van der Waals surface area contributed by atoms with Crippen molar-refractivity contribution in [3.8, 4) is 0 Å². The lowest BCUT2D eigenvalue weighted by atomic mass is 10.2. The second kappa shape index (κ2) is 7.17. The third-order valence-electron chi connectivity index (χ3n) is 3.25. The summed E-state index contributed by atoms with van der Waals surface area (Å²) in [6.45, 7) is 9.23. The van der Waals surface area contributed by atoms with Gasteiger partial charge in [0.15, 0.2) is 5.11 Å². The molecular weight excluding hydrogens is 232 g/mol. The van der Waals surface area contributed by atoms with E-state index in [0.717, 1.165) is 30.7 Å². The smallest absolute Gasteiger partial charge is 0.169 e. The molecule has 0 aromatic rings. The lowest BCUT2D eigenvalue weighted by Crippen LogP contribution is -2.48. The summed E-state index contributed by atoms with van der Waals surface area (Å²) in [6, 6.07) is 0.539. The minimum atomic E-state index is 0.539. The second-order valence-corrected chi connectivity index (χ2v) is 5.73. The Balaban J connectivity index is 2.45. The molecule has 1 rings (SSSR count). The zero-order valence-corrected chi connectivity index (χ0v) is 12.3. The normalized spacial score (nSPS) is 17.0. The van der Waals surface area contributed by atoms with Crippen LogP contribution in [0.5, 0.6) is 0 Å². The molecule has 0 bridgehead atoms. The fourth-order valence-corrected chi connectivity index (χ4v) is 2.25.